The Kier molecular flexibility index (Phi) is 7.45. The van der Waals surface area contributed by atoms with Crippen molar-refractivity contribution in [2.24, 2.45) is 0 Å². The van der Waals surface area contributed by atoms with Gasteiger partial charge in [-0.3, -0.25) is 9.69 Å². The van der Waals surface area contributed by atoms with E-state index in [-0.39, 0.29) is 12.2 Å². The third-order valence-corrected chi connectivity index (χ3v) is 6.63. The molecule has 0 aliphatic carbocycles. The number of carbonyl (C=O) groups is 2. The first-order chi connectivity index (χ1) is 17.1. The molecule has 2 amide bonds. The summed E-state index contributed by atoms with van der Waals surface area (Å²) in [5.74, 6) is -1.41. The Labute approximate surface area is 205 Å². The van der Waals surface area contributed by atoms with E-state index in [0.717, 1.165) is 23.1 Å². The fourth-order valence-electron chi connectivity index (χ4n) is 3.79. The molecule has 2 heterocycles. The van der Waals surface area contributed by atoms with E-state index < -0.39 is 38.2 Å². The van der Waals surface area contributed by atoms with Gasteiger partial charge in [0.25, 0.3) is 0 Å². The lowest BCUT2D eigenvalue weighted by Crippen LogP contribution is -2.35. The van der Waals surface area contributed by atoms with Crippen molar-refractivity contribution in [2.45, 2.75) is 26.1 Å². The van der Waals surface area contributed by atoms with E-state index in [2.05, 4.69) is 20.7 Å². The first-order valence-electron chi connectivity index (χ1n) is 10.9. The highest BCUT2D eigenvalue weighted by atomic mass is 31.2. The lowest BCUT2D eigenvalue weighted by Gasteiger charge is -2.23. The van der Waals surface area contributed by atoms with Crippen molar-refractivity contribution < 1.29 is 33.1 Å². The quantitative estimate of drug-likeness (QED) is 0.311. The molecule has 2 aromatic carbocycles. The second-order valence-electron chi connectivity index (χ2n) is 8.16. The molecule has 1 aliphatic rings. The van der Waals surface area contributed by atoms with E-state index in [1.807, 2.05) is 12.1 Å². The van der Waals surface area contributed by atoms with Crippen molar-refractivity contribution in [3.63, 3.8) is 0 Å². The third kappa shape index (κ3) is 5.94. The van der Waals surface area contributed by atoms with Crippen LogP contribution in [0.5, 0.6) is 0 Å². The number of benzene rings is 2. The molecule has 1 atom stereocenters. The lowest BCUT2D eigenvalue weighted by molar-refractivity contribution is -0.126. The number of H-pyrrole nitrogens is 1. The molecule has 1 aromatic heterocycles. The summed E-state index contributed by atoms with van der Waals surface area (Å²) in [5, 5.41) is 13.5. The largest absolute Gasteiger partial charge is 0.442 e. The fourth-order valence-corrected chi connectivity index (χ4v) is 4.55. The predicted molar refractivity (Wildman–Crippen MR) is 126 cm³/mol. The van der Waals surface area contributed by atoms with Gasteiger partial charge in [0.2, 0.25) is 5.91 Å². The number of ether oxygens (including phenoxy) is 1. The van der Waals surface area contributed by atoms with Crippen LogP contribution in [0.25, 0.3) is 11.1 Å². The maximum atomic E-state index is 15.0. The van der Waals surface area contributed by atoms with Gasteiger partial charge in [-0.2, -0.15) is 15.4 Å². The summed E-state index contributed by atoms with van der Waals surface area (Å²) in [6.07, 6.45) is -0.153. The van der Waals surface area contributed by atoms with Crippen molar-refractivity contribution in [1.29, 1.82) is 0 Å². The minimum Gasteiger partial charge on any atom is -0.442 e. The summed E-state index contributed by atoms with van der Waals surface area (Å²) in [5.41, 5.74) is 3.01. The van der Waals surface area contributed by atoms with Crippen molar-refractivity contribution in [2.75, 3.05) is 18.0 Å². The summed E-state index contributed by atoms with van der Waals surface area (Å²) < 4.78 is 32.0. The van der Waals surface area contributed by atoms with Gasteiger partial charge in [-0.25, -0.2) is 18.4 Å². The monoisotopic (exact) mass is 518 g/mol. The van der Waals surface area contributed by atoms with Crippen LogP contribution in [0.4, 0.5) is 14.9 Å². The number of aromatic nitrogens is 3. The van der Waals surface area contributed by atoms with Gasteiger partial charge >= 0.3 is 13.8 Å². The van der Waals surface area contributed by atoms with Crippen molar-refractivity contribution >= 4 is 25.4 Å². The number of nitrogens with zero attached hydrogens (tertiary/aromatic N) is 4. The maximum Gasteiger partial charge on any atom is 0.432 e. The van der Waals surface area contributed by atoms with E-state index in [9.17, 15) is 28.3 Å². The Morgan fingerprint density at radius 3 is 2.64 bits per heavy atom. The van der Waals surface area contributed by atoms with Gasteiger partial charge in [0.15, 0.2) is 0 Å². The van der Waals surface area contributed by atoms with Crippen LogP contribution in [-0.4, -0.2) is 61.1 Å². The van der Waals surface area contributed by atoms with Crippen LogP contribution in [-0.2, 0) is 27.2 Å². The number of hydrogen-bond acceptors (Lipinski definition) is 7. The average Bonchev–Trinajstić information content (AvgIpc) is 3.46. The standard InChI is InChI=1S/C22H24FN6O6P/c1-14(30)29(36(32,33)34)13-19-12-28(22(31)35-19)18-6-7-20(21(23)8-18)16-4-2-15(3-5-16)9-24-10-17-11-25-27-26-17/h2-8,11,19,24H,9-10,12-13H2,1H3,(H,25,26,27)(H2,32,33,34)/t19-/m1/s1. The zero-order chi connectivity index (χ0) is 25.9. The molecule has 1 fully saturated rings. The third-order valence-electron chi connectivity index (χ3n) is 5.56. The number of aromatic amines is 1. The molecule has 190 valence electrons. The highest BCUT2D eigenvalue weighted by Gasteiger charge is 2.38. The van der Waals surface area contributed by atoms with Crippen LogP contribution < -0.4 is 10.2 Å². The minimum atomic E-state index is -4.86. The molecule has 14 heteroatoms. The van der Waals surface area contributed by atoms with Crippen molar-refractivity contribution in [1.82, 2.24) is 25.4 Å². The van der Waals surface area contributed by atoms with E-state index >= 15 is 0 Å². The first kappa shape index (κ1) is 25.5. The number of anilines is 1. The SMILES string of the molecule is CC(=O)N(C[C@H]1CN(c2ccc(-c3ccc(CNCc4cn[nH]n4)cc3)c(F)c2)C(=O)O1)P(=O)(O)O. The van der Waals surface area contributed by atoms with Crippen LogP contribution >= 0.6 is 7.75 Å². The highest BCUT2D eigenvalue weighted by Crippen LogP contribution is 2.40. The van der Waals surface area contributed by atoms with E-state index in [1.165, 1.54) is 6.07 Å². The zero-order valence-electron chi connectivity index (χ0n) is 19.2. The lowest BCUT2D eigenvalue weighted by atomic mass is 10.0. The topological polar surface area (TPSA) is 161 Å². The van der Waals surface area contributed by atoms with Crippen LogP contribution in [0.1, 0.15) is 18.2 Å². The van der Waals surface area contributed by atoms with E-state index in [1.54, 1.807) is 30.5 Å². The van der Waals surface area contributed by atoms with Crippen LogP contribution in [0, 0.1) is 5.82 Å². The number of hydrogen-bond donors (Lipinski definition) is 4. The summed E-state index contributed by atoms with van der Waals surface area (Å²) in [6, 6.07) is 11.6. The van der Waals surface area contributed by atoms with Crippen LogP contribution in [0.3, 0.4) is 0 Å². The summed E-state index contributed by atoms with van der Waals surface area (Å²) >= 11 is 0. The Hall–Kier alpha value is -3.64. The summed E-state index contributed by atoms with van der Waals surface area (Å²) in [7, 11) is -4.86. The Balaban J connectivity index is 1.40. The molecule has 1 aliphatic heterocycles. The molecular weight excluding hydrogens is 494 g/mol. The molecular formula is C22H24FN6O6P. The molecule has 0 spiro atoms. The fraction of sp³-hybridized carbons (Fsp3) is 0.273. The molecule has 12 nitrogen and oxygen atoms in total. The Morgan fingerprint density at radius 2 is 2.03 bits per heavy atom. The Bertz CT molecular complexity index is 1280. The van der Waals surface area contributed by atoms with Crippen LogP contribution in [0.2, 0.25) is 0 Å². The number of amides is 2. The van der Waals surface area contributed by atoms with Gasteiger partial charge in [0.05, 0.1) is 30.7 Å². The van der Waals surface area contributed by atoms with E-state index in [4.69, 9.17) is 4.74 Å². The van der Waals surface area contributed by atoms with Crippen LogP contribution in [0.15, 0.2) is 48.7 Å². The second-order valence-corrected chi connectivity index (χ2v) is 9.67. The summed E-state index contributed by atoms with van der Waals surface area (Å²) in [4.78, 5) is 43.7. The van der Waals surface area contributed by atoms with Crippen molar-refractivity contribution in [3.8, 4) is 11.1 Å². The number of carbonyl (C=O) groups excluding carboxylic acids is 2. The number of rotatable bonds is 9. The maximum absolute atomic E-state index is 15.0. The highest BCUT2D eigenvalue weighted by molar-refractivity contribution is 7.49. The van der Waals surface area contributed by atoms with E-state index in [0.29, 0.717) is 28.9 Å². The Morgan fingerprint density at radius 1 is 1.28 bits per heavy atom. The van der Waals surface area contributed by atoms with Gasteiger partial charge < -0.3 is 19.8 Å². The predicted octanol–water partition coefficient (Wildman–Crippen LogP) is 2.17. The van der Waals surface area contributed by atoms with Gasteiger partial charge in [0.1, 0.15) is 11.9 Å². The molecule has 0 unspecified atom stereocenters. The van der Waals surface area contributed by atoms with Crippen molar-refractivity contribution in [3.05, 3.63) is 65.7 Å². The molecule has 0 saturated carbocycles. The molecule has 36 heavy (non-hydrogen) atoms. The summed E-state index contributed by atoms with van der Waals surface area (Å²) in [6.45, 7) is 1.57. The van der Waals surface area contributed by atoms with Gasteiger partial charge in [-0.1, -0.05) is 24.3 Å². The van der Waals surface area contributed by atoms with Gasteiger partial charge in [-0.15, -0.1) is 0 Å². The molecule has 3 aromatic rings. The minimum absolute atomic E-state index is 0.0998. The van der Waals surface area contributed by atoms with Gasteiger partial charge in [-0.05, 0) is 29.3 Å². The number of cyclic esters (lactones) is 1. The average molecular weight is 518 g/mol. The zero-order valence-corrected chi connectivity index (χ0v) is 20.1. The molecule has 0 radical (unpaired) electrons. The first-order valence-corrected chi connectivity index (χ1v) is 12.4. The molecule has 4 rings (SSSR count). The molecule has 0 bridgehead atoms. The normalized spacial score (nSPS) is 15.7. The number of halogens is 1. The molecule has 1 saturated heterocycles. The second kappa shape index (κ2) is 10.5. The number of nitrogens with one attached hydrogen (secondary N) is 2. The van der Waals surface area contributed by atoms with Gasteiger partial charge in [0, 0.05) is 25.6 Å². The smallest absolute Gasteiger partial charge is 0.432 e. The molecule has 4 N–H and O–H groups in total.